The molecule has 4 nitrogen and oxygen atoms in total. The zero-order valence-electron chi connectivity index (χ0n) is 14.8. The Morgan fingerprint density at radius 1 is 1.28 bits per heavy atom. The molecule has 6 heteroatoms. The van der Waals surface area contributed by atoms with Crippen molar-refractivity contribution in [2.24, 2.45) is 5.92 Å². The summed E-state index contributed by atoms with van der Waals surface area (Å²) in [6.07, 6.45) is 4.90. The van der Waals surface area contributed by atoms with Crippen LogP contribution in [-0.4, -0.2) is 16.8 Å². The van der Waals surface area contributed by atoms with Crippen LogP contribution >= 0.6 is 0 Å². The first-order chi connectivity index (χ1) is 12.1. The van der Waals surface area contributed by atoms with E-state index >= 15 is 0 Å². The smallest absolute Gasteiger partial charge is 0.212 e. The molecule has 0 atom stereocenters. The molecule has 1 fully saturated rings. The summed E-state index contributed by atoms with van der Waals surface area (Å²) in [5, 5.41) is 7.65. The van der Waals surface area contributed by atoms with Gasteiger partial charge in [-0.05, 0) is 44.4 Å². The molecule has 0 spiro atoms. The van der Waals surface area contributed by atoms with Gasteiger partial charge in [0.05, 0.1) is 11.3 Å². The number of rotatable bonds is 7. The predicted octanol–water partition coefficient (Wildman–Crippen LogP) is 3.96. The molecule has 1 N–H and O–H groups in total. The van der Waals surface area contributed by atoms with Gasteiger partial charge in [0.25, 0.3) is 0 Å². The Balaban J connectivity index is 1.77. The van der Waals surface area contributed by atoms with E-state index in [0.717, 1.165) is 12.2 Å². The normalized spacial score (nSPS) is 15.0. The lowest BCUT2D eigenvalue weighted by atomic mass is 10.1. The summed E-state index contributed by atoms with van der Waals surface area (Å²) in [6, 6.07) is 4.56. The number of nitrogens with one attached hydrogen (secondary N) is 1. The van der Waals surface area contributed by atoms with E-state index in [1.54, 1.807) is 6.92 Å². The third-order valence-corrected chi connectivity index (χ3v) is 4.80. The number of aromatic nitrogens is 2. The number of halogens is 2. The summed E-state index contributed by atoms with van der Waals surface area (Å²) >= 11 is 0. The van der Waals surface area contributed by atoms with Gasteiger partial charge in [-0.15, -0.1) is 0 Å². The fraction of sp³-hybridized carbons (Fsp3) is 0.526. The lowest BCUT2D eigenvalue weighted by molar-refractivity contribution is 0.252. The standard InChI is InChI=1S/C19H25F2N3O/c1-13-7-8-17(20)16(19(13)21)12-25-18-9-15(10-22-2)23-24(18)11-14-5-3-4-6-14/h7-9,14,22H,3-6,10-12H2,1-2H3. The van der Waals surface area contributed by atoms with Crippen LogP contribution in [0.25, 0.3) is 0 Å². The molecule has 136 valence electrons. The molecule has 0 radical (unpaired) electrons. The van der Waals surface area contributed by atoms with Crippen LogP contribution < -0.4 is 10.1 Å². The number of hydrogen-bond acceptors (Lipinski definition) is 3. The van der Waals surface area contributed by atoms with Crippen molar-refractivity contribution in [1.29, 1.82) is 0 Å². The molecule has 0 saturated heterocycles. The first kappa shape index (κ1) is 17.9. The summed E-state index contributed by atoms with van der Waals surface area (Å²) in [4.78, 5) is 0. The van der Waals surface area contributed by atoms with E-state index in [0.29, 0.717) is 23.9 Å². The van der Waals surface area contributed by atoms with Gasteiger partial charge in [-0.3, -0.25) is 0 Å². The first-order valence-electron chi connectivity index (χ1n) is 8.86. The average Bonchev–Trinajstić information content (AvgIpc) is 3.22. The highest BCUT2D eigenvalue weighted by atomic mass is 19.1. The second kappa shape index (κ2) is 7.95. The van der Waals surface area contributed by atoms with Crippen molar-refractivity contribution in [3.63, 3.8) is 0 Å². The van der Waals surface area contributed by atoms with Crippen LogP contribution in [-0.2, 0) is 19.7 Å². The molecule has 1 aliphatic rings. The number of aryl methyl sites for hydroxylation is 1. The SMILES string of the molecule is CNCc1cc(OCc2c(F)ccc(C)c2F)n(CC2CCCC2)n1. The Labute approximate surface area is 147 Å². The molecular formula is C19H25F2N3O. The monoisotopic (exact) mass is 349 g/mol. The molecule has 0 bridgehead atoms. The molecule has 2 aromatic rings. The van der Waals surface area contributed by atoms with Gasteiger partial charge in [-0.25, -0.2) is 13.5 Å². The van der Waals surface area contributed by atoms with E-state index in [9.17, 15) is 8.78 Å². The van der Waals surface area contributed by atoms with E-state index in [2.05, 4.69) is 10.4 Å². The lowest BCUT2D eigenvalue weighted by Crippen LogP contribution is -2.13. The number of ether oxygens (including phenoxy) is 1. The van der Waals surface area contributed by atoms with Gasteiger partial charge in [0.15, 0.2) is 0 Å². The molecule has 1 aliphatic carbocycles. The van der Waals surface area contributed by atoms with Crippen molar-refractivity contribution in [2.45, 2.75) is 52.3 Å². The average molecular weight is 349 g/mol. The van der Waals surface area contributed by atoms with Crippen molar-refractivity contribution in [3.8, 4) is 5.88 Å². The Hall–Kier alpha value is -1.95. The highest BCUT2D eigenvalue weighted by molar-refractivity contribution is 5.27. The van der Waals surface area contributed by atoms with Crippen LogP contribution in [0, 0.1) is 24.5 Å². The van der Waals surface area contributed by atoms with E-state index in [-0.39, 0.29) is 12.2 Å². The minimum absolute atomic E-state index is 0.0382. The first-order valence-corrected chi connectivity index (χ1v) is 8.86. The zero-order valence-corrected chi connectivity index (χ0v) is 14.8. The van der Waals surface area contributed by atoms with Crippen LogP contribution in [0.15, 0.2) is 18.2 Å². The second-order valence-corrected chi connectivity index (χ2v) is 6.78. The van der Waals surface area contributed by atoms with Gasteiger partial charge in [0, 0.05) is 19.2 Å². The van der Waals surface area contributed by atoms with Gasteiger partial charge >= 0.3 is 0 Å². The highest BCUT2D eigenvalue weighted by Crippen LogP contribution is 2.28. The molecule has 0 aliphatic heterocycles. The molecule has 3 rings (SSSR count). The Morgan fingerprint density at radius 3 is 2.76 bits per heavy atom. The highest BCUT2D eigenvalue weighted by Gasteiger charge is 2.20. The van der Waals surface area contributed by atoms with Crippen molar-refractivity contribution < 1.29 is 13.5 Å². The van der Waals surface area contributed by atoms with Crippen molar-refractivity contribution in [2.75, 3.05) is 7.05 Å². The fourth-order valence-corrected chi connectivity index (χ4v) is 3.40. The van der Waals surface area contributed by atoms with Crippen LogP contribution in [0.1, 0.15) is 42.5 Å². The van der Waals surface area contributed by atoms with Gasteiger partial charge in [0.1, 0.15) is 18.2 Å². The van der Waals surface area contributed by atoms with Crippen LogP contribution in [0.4, 0.5) is 8.78 Å². The molecule has 1 aromatic carbocycles. The molecule has 1 heterocycles. The minimum Gasteiger partial charge on any atom is -0.473 e. The molecule has 0 unspecified atom stereocenters. The molecule has 25 heavy (non-hydrogen) atoms. The van der Waals surface area contributed by atoms with E-state index in [4.69, 9.17) is 4.74 Å². The summed E-state index contributed by atoms with van der Waals surface area (Å²) in [5.74, 6) is 0.0345. The van der Waals surface area contributed by atoms with Gasteiger partial charge in [-0.2, -0.15) is 5.10 Å². The predicted molar refractivity (Wildman–Crippen MR) is 92.4 cm³/mol. The Kier molecular flexibility index (Phi) is 5.68. The summed E-state index contributed by atoms with van der Waals surface area (Å²) < 4.78 is 35.7. The van der Waals surface area contributed by atoms with Crippen molar-refractivity contribution >= 4 is 0 Å². The Bertz CT molecular complexity index is 724. The third-order valence-electron chi connectivity index (χ3n) is 4.80. The van der Waals surface area contributed by atoms with E-state index in [1.165, 1.54) is 37.8 Å². The molecule has 1 saturated carbocycles. The maximum atomic E-state index is 14.2. The van der Waals surface area contributed by atoms with Gasteiger partial charge in [-0.1, -0.05) is 18.9 Å². The summed E-state index contributed by atoms with van der Waals surface area (Å²) in [7, 11) is 1.86. The largest absolute Gasteiger partial charge is 0.473 e. The zero-order chi connectivity index (χ0) is 17.8. The maximum absolute atomic E-state index is 14.2. The molecule has 1 aromatic heterocycles. The van der Waals surface area contributed by atoms with Gasteiger partial charge in [0.2, 0.25) is 5.88 Å². The number of hydrogen-bond donors (Lipinski definition) is 1. The topological polar surface area (TPSA) is 39.1 Å². The number of nitrogens with zero attached hydrogens (tertiary/aromatic N) is 2. The van der Waals surface area contributed by atoms with Crippen molar-refractivity contribution in [3.05, 3.63) is 46.7 Å². The quantitative estimate of drug-likeness (QED) is 0.822. The van der Waals surface area contributed by atoms with E-state index in [1.807, 2.05) is 17.8 Å². The van der Waals surface area contributed by atoms with Gasteiger partial charge < -0.3 is 10.1 Å². The van der Waals surface area contributed by atoms with Crippen LogP contribution in [0.5, 0.6) is 5.88 Å². The minimum atomic E-state index is -0.583. The molecular weight excluding hydrogens is 324 g/mol. The third kappa shape index (κ3) is 4.18. The summed E-state index contributed by atoms with van der Waals surface area (Å²) in [5.41, 5.74) is 1.24. The van der Waals surface area contributed by atoms with E-state index < -0.39 is 11.6 Å². The summed E-state index contributed by atoms with van der Waals surface area (Å²) in [6.45, 7) is 2.89. The Morgan fingerprint density at radius 2 is 2.04 bits per heavy atom. The lowest BCUT2D eigenvalue weighted by Gasteiger charge is -2.14. The number of benzene rings is 1. The molecule has 0 amide bonds. The van der Waals surface area contributed by atoms with Crippen LogP contribution in [0.3, 0.4) is 0 Å². The van der Waals surface area contributed by atoms with Crippen LogP contribution in [0.2, 0.25) is 0 Å². The van der Waals surface area contributed by atoms with Crippen molar-refractivity contribution in [1.82, 2.24) is 15.1 Å². The maximum Gasteiger partial charge on any atom is 0.212 e. The second-order valence-electron chi connectivity index (χ2n) is 6.78. The fourth-order valence-electron chi connectivity index (χ4n) is 3.40.